The number of phenolic OH excluding ortho intramolecular Hbond substituents is 1. The van der Waals surface area contributed by atoms with Crippen molar-refractivity contribution in [2.24, 2.45) is 23.7 Å². The SMILES string of the molecule is CCCCC[C@H]1CC[C@H]([C@H]2CC[C@H](C(=O)Oc3ccc(OC(=O)c4ccc(OCCCCCCCCOc5ccc(C(=O)c6ccccc6)c(O)c5)cc4)cc3)CC2)CC1. The summed E-state index contributed by atoms with van der Waals surface area (Å²) in [6.07, 6.45) is 21.1. The molecular weight excluding hydrogens is 753 g/mol. The van der Waals surface area contributed by atoms with Crippen LogP contribution in [-0.4, -0.2) is 36.0 Å². The zero-order chi connectivity index (χ0) is 41.9. The Morgan fingerprint density at radius 2 is 1.10 bits per heavy atom. The van der Waals surface area contributed by atoms with E-state index >= 15 is 0 Å². The number of ether oxygens (including phenoxy) is 4. The summed E-state index contributed by atoms with van der Waals surface area (Å²) in [5.74, 6) is 3.66. The summed E-state index contributed by atoms with van der Waals surface area (Å²) in [4.78, 5) is 38.5. The van der Waals surface area contributed by atoms with Gasteiger partial charge in [-0.05, 0) is 130 Å². The van der Waals surface area contributed by atoms with Gasteiger partial charge < -0.3 is 24.1 Å². The van der Waals surface area contributed by atoms with Crippen LogP contribution in [0.5, 0.6) is 28.7 Å². The minimum atomic E-state index is -0.468. The molecule has 0 radical (unpaired) electrons. The Kier molecular flexibility index (Phi) is 17.5. The van der Waals surface area contributed by atoms with Crippen LogP contribution in [0.25, 0.3) is 0 Å². The number of rotatable bonds is 22. The van der Waals surface area contributed by atoms with Crippen molar-refractivity contribution in [2.45, 2.75) is 122 Å². The Bertz CT molecular complexity index is 1910. The molecule has 1 N–H and O–H groups in total. The van der Waals surface area contributed by atoms with Gasteiger partial charge in [0.05, 0.1) is 30.3 Å². The van der Waals surface area contributed by atoms with E-state index in [-0.39, 0.29) is 29.0 Å². The maximum Gasteiger partial charge on any atom is 0.343 e. The molecule has 2 saturated carbocycles. The quantitative estimate of drug-likeness (QED) is 0.0361. The lowest BCUT2D eigenvalue weighted by atomic mass is 9.68. The van der Waals surface area contributed by atoms with Crippen LogP contribution in [0, 0.1) is 23.7 Å². The maximum absolute atomic E-state index is 13.0. The number of unbranched alkanes of at least 4 members (excludes halogenated alkanes) is 7. The number of esters is 2. The Morgan fingerprint density at radius 1 is 0.550 bits per heavy atom. The lowest BCUT2D eigenvalue weighted by molar-refractivity contribution is -0.140. The van der Waals surface area contributed by atoms with E-state index in [1.54, 1.807) is 84.9 Å². The summed E-state index contributed by atoms with van der Waals surface area (Å²) in [7, 11) is 0. The van der Waals surface area contributed by atoms with Crippen molar-refractivity contribution in [2.75, 3.05) is 13.2 Å². The number of phenols is 1. The van der Waals surface area contributed by atoms with Crippen LogP contribution in [0.1, 0.15) is 149 Å². The number of carbonyl (C=O) groups is 3. The van der Waals surface area contributed by atoms with Gasteiger partial charge in [-0.1, -0.05) is 101 Å². The normalized spacial score (nSPS) is 18.9. The Hall–Kier alpha value is -5.11. The van der Waals surface area contributed by atoms with Gasteiger partial charge >= 0.3 is 11.9 Å². The van der Waals surface area contributed by atoms with Crippen LogP contribution >= 0.6 is 0 Å². The van der Waals surface area contributed by atoms with Gasteiger partial charge in [-0.3, -0.25) is 9.59 Å². The minimum absolute atomic E-state index is 0.0466. The predicted octanol–water partition coefficient (Wildman–Crippen LogP) is 12.7. The molecule has 4 aromatic carbocycles. The van der Waals surface area contributed by atoms with Crippen LogP contribution in [0.4, 0.5) is 0 Å². The Balaban J connectivity index is 0.791. The van der Waals surface area contributed by atoms with E-state index in [2.05, 4.69) is 6.92 Å². The molecule has 0 heterocycles. The average molecular weight is 817 g/mol. The van der Waals surface area contributed by atoms with Crippen LogP contribution in [0.15, 0.2) is 97.1 Å². The van der Waals surface area contributed by atoms with Crippen LogP contribution in [0.2, 0.25) is 0 Å². The molecule has 0 saturated heterocycles. The number of benzene rings is 4. The van der Waals surface area contributed by atoms with Gasteiger partial charge in [0, 0.05) is 11.6 Å². The molecule has 0 spiro atoms. The lowest BCUT2D eigenvalue weighted by Crippen LogP contribution is -2.30. The highest BCUT2D eigenvalue weighted by Crippen LogP contribution is 2.42. The van der Waals surface area contributed by atoms with Gasteiger partial charge in [-0.2, -0.15) is 0 Å². The fourth-order valence-corrected chi connectivity index (χ4v) is 8.92. The summed E-state index contributed by atoms with van der Waals surface area (Å²) >= 11 is 0. The molecule has 2 aliphatic rings. The first-order valence-electron chi connectivity index (χ1n) is 22.7. The molecule has 8 nitrogen and oxygen atoms in total. The van der Waals surface area contributed by atoms with Crippen molar-refractivity contribution in [3.05, 3.63) is 114 Å². The van der Waals surface area contributed by atoms with Crippen molar-refractivity contribution in [1.29, 1.82) is 0 Å². The van der Waals surface area contributed by atoms with Gasteiger partial charge in [0.25, 0.3) is 0 Å². The van der Waals surface area contributed by atoms with Crippen LogP contribution in [0.3, 0.4) is 0 Å². The highest BCUT2D eigenvalue weighted by Gasteiger charge is 2.33. The van der Waals surface area contributed by atoms with E-state index < -0.39 is 5.97 Å². The molecule has 8 heteroatoms. The molecule has 2 fully saturated rings. The largest absolute Gasteiger partial charge is 0.507 e. The van der Waals surface area contributed by atoms with Crippen molar-refractivity contribution in [3.8, 4) is 28.7 Å². The molecular formula is C52H64O8. The van der Waals surface area contributed by atoms with Crippen LogP contribution < -0.4 is 18.9 Å². The third kappa shape index (κ3) is 13.7. The monoisotopic (exact) mass is 816 g/mol. The first-order chi connectivity index (χ1) is 29.4. The number of ketones is 1. The van der Waals surface area contributed by atoms with E-state index in [4.69, 9.17) is 18.9 Å². The van der Waals surface area contributed by atoms with Gasteiger partial charge in [-0.15, -0.1) is 0 Å². The average Bonchev–Trinajstić information content (AvgIpc) is 3.28. The molecule has 0 aromatic heterocycles. The molecule has 0 atom stereocenters. The Morgan fingerprint density at radius 3 is 1.72 bits per heavy atom. The summed E-state index contributed by atoms with van der Waals surface area (Å²) in [5.41, 5.74) is 1.21. The lowest BCUT2D eigenvalue weighted by Gasteiger charge is -2.37. The second-order valence-electron chi connectivity index (χ2n) is 16.9. The van der Waals surface area contributed by atoms with Crippen molar-refractivity contribution in [3.63, 3.8) is 0 Å². The Labute approximate surface area is 357 Å². The standard InChI is InChI=1S/C52H64O8/c1-2-3-9-14-38-17-19-39(20-18-38)40-21-23-42(24-22-40)51(55)59-45-29-31-46(32-30-45)60-52(56)43-25-27-44(28-26-43)57-35-12-6-4-5-7-13-36-58-47-33-34-48(49(53)37-47)50(54)41-15-10-8-11-16-41/h8,10-11,15-16,25-34,37-40,42,53H,2-7,9,12-14,17-24,35-36H2,1H3/t38-,39-,40-,42-. The zero-order valence-corrected chi connectivity index (χ0v) is 35.5. The van der Waals surface area contributed by atoms with Crippen molar-refractivity contribution in [1.82, 2.24) is 0 Å². The molecule has 0 aliphatic heterocycles. The fraction of sp³-hybridized carbons (Fsp3) is 0.481. The third-order valence-electron chi connectivity index (χ3n) is 12.5. The summed E-state index contributed by atoms with van der Waals surface area (Å²) in [6, 6.07) is 27.4. The molecule has 6 rings (SSSR count). The molecule has 320 valence electrons. The van der Waals surface area contributed by atoms with E-state index in [0.717, 1.165) is 82.0 Å². The maximum atomic E-state index is 13.0. The van der Waals surface area contributed by atoms with Gasteiger partial charge in [-0.25, -0.2) is 4.79 Å². The van der Waals surface area contributed by atoms with E-state index in [1.807, 2.05) is 6.07 Å². The summed E-state index contributed by atoms with van der Waals surface area (Å²) in [5, 5.41) is 10.4. The van der Waals surface area contributed by atoms with E-state index in [1.165, 1.54) is 57.4 Å². The minimum Gasteiger partial charge on any atom is -0.507 e. The number of aromatic hydroxyl groups is 1. The van der Waals surface area contributed by atoms with E-state index in [9.17, 15) is 19.5 Å². The summed E-state index contributed by atoms with van der Waals surface area (Å²) < 4.78 is 23.0. The third-order valence-corrected chi connectivity index (χ3v) is 12.5. The van der Waals surface area contributed by atoms with Crippen LogP contribution in [-0.2, 0) is 4.79 Å². The first kappa shape index (κ1) is 44.4. The number of hydrogen-bond donors (Lipinski definition) is 1. The molecule has 2 aliphatic carbocycles. The van der Waals surface area contributed by atoms with Gasteiger partial charge in [0.1, 0.15) is 28.7 Å². The molecule has 0 unspecified atom stereocenters. The fourth-order valence-electron chi connectivity index (χ4n) is 8.92. The van der Waals surface area contributed by atoms with Gasteiger partial charge in [0.15, 0.2) is 5.78 Å². The second kappa shape index (κ2) is 23.6. The highest BCUT2D eigenvalue weighted by atomic mass is 16.5. The first-order valence-corrected chi connectivity index (χ1v) is 22.7. The van der Waals surface area contributed by atoms with Crippen molar-refractivity contribution < 1.29 is 38.4 Å². The predicted molar refractivity (Wildman–Crippen MR) is 235 cm³/mol. The smallest absolute Gasteiger partial charge is 0.343 e. The zero-order valence-electron chi connectivity index (χ0n) is 35.5. The highest BCUT2D eigenvalue weighted by molar-refractivity contribution is 6.10. The van der Waals surface area contributed by atoms with Crippen molar-refractivity contribution >= 4 is 17.7 Å². The van der Waals surface area contributed by atoms with Gasteiger partial charge in [0.2, 0.25) is 0 Å². The van der Waals surface area contributed by atoms with E-state index in [0.29, 0.717) is 47.3 Å². The topological polar surface area (TPSA) is 108 Å². The number of carbonyl (C=O) groups excluding carboxylic acids is 3. The molecule has 60 heavy (non-hydrogen) atoms. The number of hydrogen-bond acceptors (Lipinski definition) is 8. The molecule has 0 bridgehead atoms. The second-order valence-corrected chi connectivity index (χ2v) is 16.9. The summed E-state index contributed by atoms with van der Waals surface area (Å²) in [6.45, 7) is 3.42. The molecule has 0 amide bonds. The molecule has 4 aromatic rings.